The van der Waals surface area contributed by atoms with Crippen LogP contribution in [-0.4, -0.2) is 68.9 Å². The molecule has 0 bridgehead atoms. The number of aromatic hydroxyl groups is 1. The Balaban J connectivity index is 0.000000137. The quantitative estimate of drug-likeness (QED) is 0.0700. The number of nitrogens with one attached hydrogen (secondary N) is 2. The molecular formula is C63H59F2N7O7. The number of aromatic amines is 2. The first-order chi connectivity index (χ1) is 38.4. The lowest BCUT2D eigenvalue weighted by Crippen LogP contribution is -2.13. The molecule has 3 aliphatic carbocycles. The Labute approximate surface area is 455 Å². The number of rotatable bonds is 9. The monoisotopic (exact) mass is 1060 g/mol. The topological polar surface area (TPSA) is 211 Å². The van der Waals surface area contributed by atoms with Gasteiger partial charge < -0.3 is 19.8 Å². The van der Waals surface area contributed by atoms with Crippen molar-refractivity contribution in [3.8, 4) is 17.4 Å². The van der Waals surface area contributed by atoms with Crippen molar-refractivity contribution in [1.29, 1.82) is 0 Å². The molecular weight excluding hydrogens is 1000 g/mol. The molecule has 3 fully saturated rings. The summed E-state index contributed by atoms with van der Waals surface area (Å²) in [7, 11) is 0. The number of Topliss-reactive ketones (excluding diaryl/α,β-unsaturated/α-hetero) is 3. The van der Waals surface area contributed by atoms with Crippen LogP contribution in [0.1, 0.15) is 157 Å². The number of pyridine rings is 3. The zero-order chi connectivity index (χ0) is 55.1. The van der Waals surface area contributed by atoms with Gasteiger partial charge in [0.2, 0.25) is 29.3 Å². The van der Waals surface area contributed by atoms with Crippen molar-refractivity contribution in [2.45, 2.75) is 108 Å². The molecule has 3 saturated carbocycles. The number of nitrogens with zero attached hydrogens (tertiary/aromatic N) is 5. The lowest BCUT2D eigenvalue weighted by Gasteiger charge is -2.20. The molecule has 3 N–H and O–H groups in total. The standard InChI is InChI=1S/C26H23N3O3.C14H10N2O2.C12H14FNO.C11H12FNO/c30-19-6-3-5-17(10-13-19)21-7-4-16-27-26(21)32-20-14-11-18(12-15-20)24(31)25-28-22-8-1-2-9-23(22)29-25;17-10-7-5-9(6-8-10)13(18)14-15-11-3-1-2-4-12(11)16-14;13-12-11(5-2-8-14-12)9-3-1-4-10(15)7-6-9;12-11-10(2-1-7-13-11)8-3-5-9(14)6-4-8/h1-2,4,7-9,11-12,14-17H,3,5-6,10,13H2,(H,28,29);1-8,17H,(H,15,16);2,5,8-9H,1,3-4,6-7H2;1-2,7-8H,3-6H2. The maximum absolute atomic E-state index is 13.4. The molecule has 0 amide bonds. The van der Waals surface area contributed by atoms with Gasteiger partial charge in [-0.2, -0.15) is 8.78 Å². The molecule has 5 heterocycles. The van der Waals surface area contributed by atoms with Crippen molar-refractivity contribution in [1.82, 2.24) is 34.9 Å². The summed E-state index contributed by atoms with van der Waals surface area (Å²) in [6.45, 7) is 0. The van der Waals surface area contributed by atoms with Gasteiger partial charge in [0.05, 0.1) is 22.1 Å². The van der Waals surface area contributed by atoms with E-state index in [4.69, 9.17) is 4.74 Å². The van der Waals surface area contributed by atoms with Crippen molar-refractivity contribution in [3.05, 3.63) is 203 Å². The fourth-order valence-electron chi connectivity index (χ4n) is 10.2. The van der Waals surface area contributed by atoms with Crippen molar-refractivity contribution >= 4 is 51.0 Å². The van der Waals surface area contributed by atoms with Crippen LogP contribution in [0.25, 0.3) is 22.1 Å². The molecule has 0 aliphatic heterocycles. The Morgan fingerprint density at radius 2 is 0.873 bits per heavy atom. The first-order valence-electron chi connectivity index (χ1n) is 26.7. The molecule has 402 valence electrons. The van der Waals surface area contributed by atoms with E-state index in [1.165, 1.54) is 24.5 Å². The zero-order valence-corrected chi connectivity index (χ0v) is 43.5. The highest BCUT2D eigenvalue weighted by molar-refractivity contribution is 6.08. The minimum Gasteiger partial charge on any atom is -0.508 e. The number of benzene rings is 4. The van der Waals surface area contributed by atoms with E-state index in [1.807, 2.05) is 60.7 Å². The normalized spacial score (nSPS) is 16.7. The van der Waals surface area contributed by atoms with Crippen molar-refractivity contribution in [3.63, 3.8) is 0 Å². The van der Waals surface area contributed by atoms with Crippen molar-refractivity contribution in [2.24, 2.45) is 0 Å². The zero-order valence-electron chi connectivity index (χ0n) is 43.5. The van der Waals surface area contributed by atoms with Crippen LogP contribution < -0.4 is 4.74 Å². The Bertz CT molecular complexity index is 3500. The Hall–Kier alpha value is -8.92. The molecule has 5 aromatic heterocycles. The number of phenols is 1. The summed E-state index contributed by atoms with van der Waals surface area (Å²) in [5.74, 6) is 2.36. The first kappa shape index (κ1) is 54.9. The van der Waals surface area contributed by atoms with E-state index in [-0.39, 0.29) is 47.0 Å². The molecule has 12 rings (SSSR count). The molecule has 9 aromatic rings. The van der Waals surface area contributed by atoms with Gasteiger partial charge in [0.25, 0.3) is 0 Å². The molecule has 14 nitrogen and oxygen atoms in total. The second-order valence-electron chi connectivity index (χ2n) is 19.8. The molecule has 3 aliphatic rings. The number of ether oxygens (including phenoxy) is 1. The number of carbonyl (C=O) groups is 5. The van der Waals surface area contributed by atoms with Crippen LogP contribution in [-0.2, 0) is 14.4 Å². The van der Waals surface area contributed by atoms with Gasteiger partial charge in [-0.25, -0.2) is 24.9 Å². The fourth-order valence-corrected chi connectivity index (χ4v) is 10.2. The highest BCUT2D eigenvalue weighted by Gasteiger charge is 2.25. The third-order valence-corrected chi connectivity index (χ3v) is 14.5. The van der Waals surface area contributed by atoms with Crippen LogP contribution >= 0.6 is 0 Å². The molecule has 0 spiro atoms. The second-order valence-corrected chi connectivity index (χ2v) is 19.8. The van der Waals surface area contributed by atoms with E-state index >= 15 is 0 Å². The lowest BCUT2D eigenvalue weighted by molar-refractivity contribution is -0.121. The van der Waals surface area contributed by atoms with E-state index in [0.29, 0.717) is 101 Å². The van der Waals surface area contributed by atoms with Gasteiger partial charge in [-0.1, -0.05) is 42.5 Å². The lowest BCUT2D eigenvalue weighted by atomic mass is 9.84. The number of para-hydroxylation sites is 4. The maximum Gasteiger partial charge on any atom is 0.228 e. The third kappa shape index (κ3) is 14.6. The number of fused-ring (bicyclic) bond motifs is 2. The average Bonchev–Trinajstić information content (AvgIpc) is 4.04. The summed E-state index contributed by atoms with van der Waals surface area (Å²) in [5, 5.41) is 9.19. The van der Waals surface area contributed by atoms with Gasteiger partial charge in [-0.05, 0) is 160 Å². The van der Waals surface area contributed by atoms with Gasteiger partial charge in [-0.15, -0.1) is 0 Å². The van der Waals surface area contributed by atoms with Gasteiger partial charge in [0.1, 0.15) is 28.8 Å². The maximum atomic E-state index is 13.4. The molecule has 16 heteroatoms. The average molecular weight is 1060 g/mol. The first-order valence-corrected chi connectivity index (χ1v) is 26.7. The van der Waals surface area contributed by atoms with Gasteiger partial charge >= 0.3 is 0 Å². The molecule has 0 saturated heterocycles. The molecule has 79 heavy (non-hydrogen) atoms. The number of hydrogen-bond donors (Lipinski definition) is 3. The summed E-state index contributed by atoms with van der Waals surface area (Å²) in [5.41, 5.74) is 6.58. The Morgan fingerprint density at radius 1 is 0.468 bits per heavy atom. The molecule has 2 unspecified atom stereocenters. The number of H-pyrrole nitrogens is 2. The minimum atomic E-state index is -0.383. The van der Waals surface area contributed by atoms with E-state index in [1.54, 1.807) is 66.9 Å². The van der Waals surface area contributed by atoms with E-state index < -0.39 is 0 Å². The predicted octanol–water partition coefficient (Wildman–Crippen LogP) is 13.4. The highest BCUT2D eigenvalue weighted by Crippen LogP contribution is 2.37. The molecule has 2 atom stereocenters. The van der Waals surface area contributed by atoms with Gasteiger partial charge in [-0.3, -0.25) is 24.0 Å². The fraction of sp³-hybridized carbons (Fsp3) is 0.270. The summed E-state index contributed by atoms with van der Waals surface area (Å²) >= 11 is 0. The van der Waals surface area contributed by atoms with Gasteiger partial charge in [0.15, 0.2) is 11.6 Å². The number of halogens is 2. The number of imidazole rings is 2. The van der Waals surface area contributed by atoms with Crippen molar-refractivity contribution < 1.29 is 42.6 Å². The van der Waals surface area contributed by atoms with Crippen LogP contribution in [0.15, 0.2) is 152 Å². The summed E-state index contributed by atoms with van der Waals surface area (Å²) in [6, 6.07) is 39.1. The number of phenolic OH excluding ortho intramolecular Hbond substituents is 1. The van der Waals surface area contributed by atoms with Crippen LogP contribution in [0.2, 0.25) is 0 Å². The number of hydrogen-bond acceptors (Lipinski definition) is 12. The Morgan fingerprint density at radius 3 is 1.34 bits per heavy atom. The van der Waals surface area contributed by atoms with E-state index in [0.717, 1.165) is 79.0 Å². The van der Waals surface area contributed by atoms with Crippen LogP contribution in [0.3, 0.4) is 0 Å². The Kier molecular flexibility index (Phi) is 18.3. The van der Waals surface area contributed by atoms with Crippen molar-refractivity contribution in [2.75, 3.05) is 0 Å². The third-order valence-electron chi connectivity index (χ3n) is 14.5. The van der Waals surface area contributed by atoms with Gasteiger partial charge in [0, 0.05) is 84.9 Å². The SMILES string of the molecule is O=C(c1ccc(O)cc1)c1nc2ccccc2[nH]1.O=C1CCC(c2cccnc2F)CC1.O=C1CCCC(c2cccnc2F)CC1.O=C1CCCC(c2cccnc2Oc2ccc(C(=O)c3nc4ccccc4[nH]3)cc2)CC1. The smallest absolute Gasteiger partial charge is 0.228 e. The molecule has 0 radical (unpaired) electrons. The number of ketones is 5. The van der Waals surface area contributed by atoms with Crippen LogP contribution in [0.4, 0.5) is 8.78 Å². The van der Waals surface area contributed by atoms with Crippen LogP contribution in [0.5, 0.6) is 17.4 Å². The van der Waals surface area contributed by atoms with E-state index in [2.05, 4.69) is 34.9 Å². The second kappa shape index (κ2) is 26.4. The number of carbonyl (C=O) groups excluding carboxylic acids is 5. The summed E-state index contributed by atoms with van der Waals surface area (Å²) in [4.78, 5) is 85.4. The van der Waals surface area contributed by atoms with E-state index in [9.17, 15) is 37.9 Å². The highest BCUT2D eigenvalue weighted by atomic mass is 19.1. The van der Waals surface area contributed by atoms with Crippen LogP contribution in [0, 0.1) is 11.9 Å². The largest absolute Gasteiger partial charge is 0.508 e. The minimum absolute atomic E-state index is 0.135. The number of aromatic nitrogens is 7. The summed E-state index contributed by atoms with van der Waals surface area (Å²) < 4.78 is 32.8. The molecule has 4 aromatic carbocycles. The summed E-state index contributed by atoms with van der Waals surface area (Å²) in [6.07, 6.45) is 15.0. The predicted molar refractivity (Wildman–Crippen MR) is 294 cm³/mol.